The zero-order chi connectivity index (χ0) is 13.7. The van der Waals surface area contributed by atoms with E-state index in [1.54, 1.807) is 24.5 Å². The number of aromatic nitrogens is 2. The fraction of sp³-hybridized carbons (Fsp3) is 0.308. The molecule has 6 heteroatoms. The SMILES string of the molecule is N#CCC(=O)Nc1ccc2c(c1)ncn2CCCO. The summed E-state index contributed by atoms with van der Waals surface area (Å²) in [7, 11) is 0. The molecule has 0 radical (unpaired) electrons. The summed E-state index contributed by atoms with van der Waals surface area (Å²) in [5.74, 6) is -0.332. The van der Waals surface area contributed by atoms with Crippen molar-refractivity contribution in [3.05, 3.63) is 24.5 Å². The number of amides is 1. The number of carbonyl (C=O) groups is 1. The standard InChI is InChI=1S/C13H14N4O2/c14-5-4-13(19)16-10-2-3-12-11(8-10)15-9-17(12)6-1-7-18/h2-3,8-9,18H,1,4,6-7H2,(H,16,19). The average molecular weight is 258 g/mol. The number of aliphatic hydroxyl groups excluding tert-OH is 1. The molecule has 1 aromatic carbocycles. The summed E-state index contributed by atoms with van der Waals surface area (Å²) in [6.07, 6.45) is 2.22. The zero-order valence-electron chi connectivity index (χ0n) is 10.3. The summed E-state index contributed by atoms with van der Waals surface area (Å²) in [5, 5.41) is 19.9. The van der Waals surface area contributed by atoms with Gasteiger partial charge in [-0.1, -0.05) is 0 Å². The van der Waals surface area contributed by atoms with Crippen molar-refractivity contribution >= 4 is 22.6 Å². The van der Waals surface area contributed by atoms with Crippen LogP contribution in [0.2, 0.25) is 0 Å². The lowest BCUT2D eigenvalue weighted by Gasteiger charge is -2.04. The van der Waals surface area contributed by atoms with Gasteiger partial charge >= 0.3 is 0 Å². The van der Waals surface area contributed by atoms with Crippen LogP contribution in [0.1, 0.15) is 12.8 Å². The Labute approximate surface area is 110 Å². The molecule has 0 spiro atoms. The molecule has 0 unspecified atom stereocenters. The van der Waals surface area contributed by atoms with Crippen LogP contribution in [0.4, 0.5) is 5.69 Å². The highest BCUT2D eigenvalue weighted by molar-refractivity contribution is 5.94. The summed E-state index contributed by atoms with van der Waals surface area (Å²) in [6, 6.07) is 7.20. The van der Waals surface area contributed by atoms with E-state index in [4.69, 9.17) is 10.4 Å². The second kappa shape index (κ2) is 5.98. The van der Waals surface area contributed by atoms with Crippen LogP contribution in [0.25, 0.3) is 11.0 Å². The molecule has 0 atom stereocenters. The van der Waals surface area contributed by atoms with Crippen molar-refractivity contribution in [3.63, 3.8) is 0 Å². The maximum absolute atomic E-state index is 11.3. The third-order valence-electron chi connectivity index (χ3n) is 2.70. The monoisotopic (exact) mass is 258 g/mol. The number of fused-ring (bicyclic) bond motifs is 1. The largest absolute Gasteiger partial charge is 0.396 e. The molecule has 1 amide bonds. The van der Waals surface area contributed by atoms with Gasteiger partial charge in [-0.25, -0.2) is 4.98 Å². The minimum atomic E-state index is -0.332. The lowest BCUT2D eigenvalue weighted by Crippen LogP contribution is -2.09. The Hall–Kier alpha value is -2.39. The fourth-order valence-electron chi connectivity index (χ4n) is 1.84. The number of aliphatic hydroxyl groups is 1. The average Bonchev–Trinajstić information content (AvgIpc) is 2.79. The Morgan fingerprint density at radius 2 is 2.37 bits per heavy atom. The van der Waals surface area contributed by atoms with Gasteiger partial charge in [0.15, 0.2) is 0 Å². The van der Waals surface area contributed by atoms with Gasteiger partial charge in [0.2, 0.25) is 5.91 Å². The van der Waals surface area contributed by atoms with Crippen LogP contribution in [0, 0.1) is 11.3 Å². The van der Waals surface area contributed by atoms with E-state index < -0.39 is 0 Å². The molecule has 98 valence electrons. The van der Waals surface area contributed by atoms with Crippen molar-refractivity contribution in [2.75, 3.05) is 11.9 Å². The molecule has 1 heterocycles. The van der Waals surface area contributed by atoms with Crippen LogP contribution in [0.5, 0.6) is 0 Å². The summed E-state index contributed by atoms with van der Waals surface area (Å²) in [5.41, 5.74) is 2.35. The molecular weight excluding hydrogens is 244 g/mol. The number of hydrogen-bond acceptors (Lipinski definition) is 4. The number of anilines is 1. The van der Waals surface area contributed by atoms with Gasteiger partial charge in [0.05, 0.1) is 23.4 Å². The van der Waals surface area contributed by atoms with Gasteiger partial charge in [-0.2, -0.15) is 5.26 Å². The highest BCUT2D eigenvalue weighted by Gasteiger charge is 2.05. The van der Waals surface area contributed by atoms with Gasteiger partial charge in [-0.15, -0.1) is 0 Å². The highest BCUT2D eigenvalue weighted by atomic mass is 16.3. The van der Waals surface area contributed by atoms with Crippen LogP contribution < -0.4 is 5.32 Å². The van der Waals surface area contributed by atoms with Gasteiger partial charge in [0.1, 0.15) is 6.42 Å². The number of hydrogen-bond donors (Lipinski definition) is 2. The Kier molecular flexibility index (Phi) is 4.11. The van der Waals surface area contributed by atoms with Gasteiger partial charge in [-0.3, -0.25) is 4.79 Å². The van der Waals surface area contributed by atoms with E-state index >= 15 is 0 Å². The second-order valence-electron chi connectivity index (χ2n) is 4.10. The molecule has 2 aromatic rings. The Morgan fingerprint density at radius 3 is 3.11 bits per heavy atom. The Morgan fingerprint density at radius 1 is 1.53 bits per heavy atom. The first kappa shape index (κ1) is 13.1. The number of aryl methyl sites for hydroxylation is 1. The van der Waals surface area contributed by atoms with Crippen molar-refractivity contribution in [1.29, 1.82) is 5.26 Å². The molecule has 0 aliphatic rings. The van der Waals surface area contributed by atoms with Crippen LogP contribution >= 0.6 is 0 Å². The molecule has 19 heavy (non-hydrogen) atoms. The van der Waals surface area contributed by atoms with Crippen LogP contribution in [-0.4, -0.2) is 27.2 Å². The third kappa shape index (κ3) is 3.09. The maximum atomic E-state index is 11.3. The normalized spacial score (nSPS) is 10.3. The molecule has 2 N–H and O–H groups in total. The van der Waals surface area contributed by atoms with E-state index in [9.17, 15) is 4.79 Å². The van der Waals surface area contributed by atoms with Crippen LogP contribution in [-0.2, 0) is 11.3 Å². The molecular formula is C13H14N4O2. The molecule has 0 saturated carbocycles. The molecule has 0 saturated heterocycles. The first-order valence-electron chi connectivity index (χ1n) is 5.97. The topological polar surface area (TPSA) is 90.9 Å². The third-order valence-corrected chi connectivity index (χ3v) is 2.70. The minimum Gasteiger partial charge on any atom is -0.396 e. The van der Waals surface area contributed by atoms with Gasteiger partial charge in [0, 0.05) is 18.8 Å². The van der Waals surface area contributed by atoms with Crippen molar-refractivity contribution in [1.82, 2.24) is 9.55 Å². The second-order valence-corrected chi connectivity index (χ2v) is 4.10. The van der Waals surface area contributed by atoms with Crippen molar-refractivity contribution in [2.45, 2.75) is 19.4 Å². The molecule has 2 rings (SSSR count). The number of nitrogens with zero attached hydrogens (tertiary/aromatic N) is 3. The van der Waals surface area contributed by atoms with Gasteiger partial charge in [-0.05, 0) is 24.6 Å². The highest BCUT2D eigenvalue weighted by Crippen LogP contribution is 2.18. The Balaban J connectivity index is 2.18. The zero-order valence-corrected chi connectivity index (χ0v) is 10.3. The van der Waals surface area contributed by atoms with Crippen molar-refractivity contribution < 1.29 is 9.90 Å². The maximum Gasteiger partial charge on any atom is 0.238 e. The minimum absolute atomic E-state index is 0.141. The van der Waals surface area contributed by atoms with E-state index in [1.165, 1.54) is 0 Å². The predicted molar refractivity (Wildman–Crippen MR) is 70.3 cm³/mol. The molecule has 1 aromatic heterocycles. The number of nitriles is 1. The lowest BCUT2D eigenvalue weighted by molar-refractivity contribution is -0.115. The van der Waals surface area contributed by atoms with Gasteiger partial charge in [0.25, 0.3) is 0 Å². The lowest BCUT2D eigenvalue weighted by atomic mass is 10.2. The van der Waals surface area contributed by atoms with E-state index in [2.05, 4.69) is 10.3 Å². The summed E-state index contributed by atoms with van der Waals surface area (Å²) >= 11 is 0. The number of benzene rings is 1. The molecule has 0 fully saturated rings. The smallest absolute Gasteiger partial charge is 0.238 e. The van der Waals surface area contributed by atoms with Crippen molar-refractivity contribution in [3.8, 4) is 6.07 Å². The van der Waals surface area contributed by atoms with Crippen LogP contribution in [0.15, 0.2) is 24.5 Å². The summed E-state index contributed by atoms with van der Waals surface area (Å²) < 4.78 is 1.95. The summed E-state index contributed by atoms with van der Waals surface area (Å²) in [4.78, 5) is 15.6. The van der Waals surface area contributed by atoms with E-state index in [0.29, 0.717) is 18.7 Å². The molecule has 6 nitrogen and oxygen atoms in total. The predicted octanol–water partition coefficient (Wildman–Crippen LogP) is 1.27. The fourth-order valence-corrected chi connectivity index (χ4v) is 1.84. The first-order chi connectivity index (χ1) is 9.24. The van der Waals surface area contributed by atoms with E-state index in [-0.39, 0.29) is 18.9 Å². The van der Waals surface area contributed by atoms with E-state index in [0.717, 1.165) is 11.0 Å². The quantitative estimate of drug-likeness (QED) is 0.844. The summed E-state index contributed by atoms with van der Waals surface area (Å²) in [6.45, 7) is 0.842. The first-order valence-corrected chi connectivity index (χ1v) is 5.97. The van der Waals surface area contributed by atoms with Gasteiger partial charge < -0.3 is 15.0 Å². The molecule has 0 bridgehead atoms. The number of carbonyl (C=O) groups excluding carboxylic acids is 1. The molecule has 0 aliphatic carbocycles. The van der Waals surface area contributed by atoms with Crippen LogP contribution in [0.3, 0.4) is 0 Å². The number of imidazole rings is 1. The molecule has 0 aliphatic heterocycles. The Bertz CT molecular complexity index is 627. The van der Waals surface area contributed by atoms with E-state index in [1.807, 2.05) is 10.6 Å². The number of rotatable bonds is 5. The van der Waals surface area contributed by atoms with Crippen molar-refractivity contribution in [2.24, 2.45) is 0 Å². The number of nitrogens with one attached hydrogen (secondary N) is 1.